The molecule has 0 radical (unpaired) electrons. The molecule has 0 aliphatic carbocycles. The van der Waals surface area contributed by atoms with Crippen LogP contribution in [0.3, 0.4) is 0 Å². The Kier molecular flexibility index (Phi) is 9.58. The van der Waals surface area contributed by atoms with Gasteiger partial charge in [0.1, 0.15) is 41.1 Å². The number of hydrogen-bond donors (Lipinski definition) is 2. The molecule has 0 spiro atoms. The summed E-state index contributed by atoms with van der Waals surface area (Å²) in [5.41, 5.74) is 3.19. The number of carboxylic acid groups (broad SMARTS) is 1. The Hall–Kier alpha value is -3.67. The lowest BCUT2D eigenvalue weighted by Crippen LogP contribution is -2.45. The maximum absolute atomic E-state index is 12.4. The number of aromatic nitrogens is 2. The van der Waals surface area contributed by atoms with E-state index in [2.05, 4.69) is 32.1 Å². The van der Waals surface area contributed by atoms with E-state index in [0.29, 0.717) is 44.2 Å². The Bertz CT molecular complexity index is 1800. The van der Waals surface area contributed by atoms with Gasteiger partial charge in [0.2, 0.25) is 0 Å². The smallest absolute Gasteiger partial charge is 0.326 e. The third kappa shape index (κ3) is 6.80. The molecule has 2 aromatic carbocycles. The van der Waals surface area contributed by atoms with Gasteiger partial charge in [-0.2, -0.15) is 0 Å². The third-order valence-electron chi connectivity index (χ3n) is 8.11. The summed E-state index contributed by atoms with van der Waals surface area (Å²) < 4.78 is 12.0. The van der Waals surface area contributed by atoms with Crippen LogP contribution in [0.15, 0.2) is 65.5 Å². The molecular weight excluding hydrogens is 633 g/mol. The molecule has 0 amide bonds. The van der Waals surface area contributed by atoms with Gasteiger partial charge in [-0.3, -0.25) is 4.90 Å². The summed E-state index contributed by atoms with van der Waals surface area (Å²) in [7, 11) is 2.14. The molecule has 12 heteroatoms. The minimum atomic E-state index is -1.03. The Morgan fingerprint density at radius 1 is 1.11 bits per heavy atom. The summed E-state index contributed by atoms with van der Waals surface area (Å²) in [4.78, 5) is 27.8. The number of anilines is 1. The molecule has 3 aromatic heterocycles. The number of rotatable bonds is 11. The van der Waals surface area contributed by atoms with Crippen LogP contribution in [0.5, 0.6) is 5.75 Å². The van der Waals surface area contributed by atoms with Crippen molar-refractivity contribution in [3.63, 3.8) is 0 Å². The maximum atomic E-state index is 12.4. The van der Waals surface area contributed by atoms with Crippen molar-refractivity contribution in [1.29, 1.82) is 0 Å². The first kappa shape index (κ1) is 31.3. The zero-order valence-corrected chi connectivity index (χ0v) is 27.3. The van der Waals surface area contributed by atoms with E-state index in [1.807, 2.05) is 49.4 Å². The van der Waals surface area contributed by atoms with E-state index >= 15 is 0 Å². The first-order chi connectivity index (χ1) is 21.8. The van der Waals surface area contributed by atoms with Gasteiger partial charge in [-0.05, 0) is 54.9 Å². The second-order valence-corrected chi connectivity index (χ2v) is 12.8. The number of fused-ring (bicyclic) bond motifs is 1. The summed E-state index contributed by atoms with van der Waals surface area (Å²) >= 11 is 14.8. The largest absolute Gasteiger partial charge is 0.491 e. The van der Waals surface area contributed by atoms with Crippen LogP contribution in [0.1, 0.15) is 11.1 Å². The fraction of sp³-hybridized carbons (Fsp3) is 0.303. The number of nitrogens with zero attached hydrogens (tertiary/aromatic N) is 4. The van der Waals surface area contributed by atoms with Crippen LogP contribution in [0.25, 0.3) is 32.0 Å². The van der Waals surface area contributed by atoms with E-state index in [1.165, 1.54) is 17.7 Å². The van der Waals surface area contributed by atoms with E-state index in [-0.39, 0.29) is 6.42 Å². The lowest BCUT2D eigenvalue weighted by atomic mass is 9.97. The van der Waals surface area contributed by atoms with E-state index in [9.17, 15) is 9.90 Å². The number of nitrogens with one attached hydrogen (secondary N) is 1. The van der Waals surface area contributed by atoms with Crippen LogP contribution in [0.2, 0.25) is 10.0 Å². The highest BCUT2D eigenvalue weighted by Gasteiger charge is 2.27. The molecule has 45 heavy (non-hydrogen) atoms. The van der Waals surface area contributed by atoms with Crippen LogP contribution in [0.4, 0.5) is 5.82 Å². The van der Waals surface area contributed by atoms with E-state index in [0.717, 1.165) is 59.9 Å². The van der Waals surface area contributed by atoms with Crippen molar-refractivity contribution in [3.8, 4) is 27.5 Å². The SMILES string of the molecule is Cc1c(-c2c(-c3ccco3)sc3ncnc(N[C@H](Cc4ccccc4Cl)C(=O)O)c23)ccc(OCCN2CCN(C)CC2)c1Cl. The topological polar surface area (TPSA) is 104 Å². The van der Waals surface area contributed by atoms with Crippen molar-refractivity contribution >= 4 is 56.5 Å². The Morgan fingerprint density at radius 3 is 2.64 bits per heavy atom. The standard InChI is InChI=1S/C33H33Cl2N5O4S/c1-20-22(9-10-25(29(20)35)44-17-15-40-13-11-39(2)12-14-40)27-28-31(36-19-37-32(28)45-30(27)26-8-5-16-43-26)38-24(33(41)42)18-21-6-3-4-7-23(21)34/h3-10,16,19,24H,11-15,17-18H2,1-2H3,(H,41,42)(H,36,37,38)/t24-/m1/s1. The molecule has 4 heterocycles. The second kappa shape index (κ2) is 13.8. The molecule has 234 valence electrons. The van der Waals surface area contributed by atoms with Crippen LogP contribution < -0.4 is 10.1 Å². The predicted octanol–water partition coefficient (Wildman–Crippen LogP) is 6.97. The number of halogens is 2. The van der Waals surface area contributed by atoms with Gasteiger partial charge in [0, 0.05) is 49.7 Å². The van der Waals surface area contributed by atoms with Crippen molar-refractivity contribution in [2.75, 3.05) is 51.7 Å². The monoisotopic (exact) mass is 665 g/mol. The van der Waals surface area contributed by atoms with Gasteiger partial charge in [-0.1, -0.05) is 47.5 Å². The number of piperazine rings is 1. The number of ether oxygens (including phenoxy) is 1. The molecule has 5 aromatic rings. The van der Waals surface area contributed by atoms with Gasteiger partial charge >= 0.3 is 5.97 Å². The van der Waals surface area contributed by atoms with Gasteiger partial charge in [0.05, 0.1) is 21.5 Å². The highest BCUT2D eigenvalue weighted by molar-refractivity contribution is 7.22. The average molecular weight is 667 g/mol. The predicted molar refractivity (Wildman–Crippen MR) is 180 cm³/mol. The molecule has 1 aliphatic heterocycles. The number of likely N-dealkylation sites (N-methyl/N-ethyl adjacent to an activating group) is 1. The normalized spacial score (nSPS) is 14.9. The molecule has 0 unspecified atom stereocenters. The fourth-order valence-corrected chi connectivity index (χ4v) is 7.09. The lowest BCUT2D eigenvalue weighted by Gasteiger charge is -2.32. The summed E-state index contributed by atoms with van der Waals surface area (Å²) in [6.07, 6.45) is 3.22. The molecule has 9 nitrogen and oxygen atoms in total. The van der Waals surface area contributed by atoms with Gasteiger partial charge < -0.3 is 24.5 Å². The van der Waals surface area contributed by atoms with Crippen LogP contribution >= 0.6 is 34.5 Å². The number of thiophene rings is 1. The summed E-state index contributed by atoms with van der Waals surface area (Å²) in [6, 6.07) is 13.8. The summed E-state index contributed by atoms with van der Waals surface area (Å²) in [5.74, 6) is 0.646. The molecule has 1 saturated heterocycles. The molecule has 1 fully saturated rings. The summed E-state index contributed by atoms with van der Waals surface area (Å²) in [6.45, 7) is 7.45. The minimum Gasteiger partial charge on any atom is -0.491 e. The van der Waals surface area contributed by atoms with Crippen molar-refractivity contribution < 1.29 is 19.1 Å². The Morgan fingerprint density at radius 2 is 1.91 bits per heavy atom. The summed E-state index contributed by atoms with van der Waals surface area (Å²) in [5, 5.41) is 15.1. The van der Waals surface area contributed by atoms with Crippen molar-refractivity contribution in [2.45, 2.75) is 19.4 Å². The maximum Gasteiger partial charge on any atom is 0.326 e. The van der Waals surface area contributed by atoms with Crippen molar-refractivity contribution in [3.05, 3.63) is 82.3 Å². The van der Waals surface area contributed by atoms with Crippen molar-refractivity contribution in [2.24, 2.45) is 0 Å². The number of carboxylic acids is 1. The van der Waals surface area contributed by atoms with Crippen LogP contribution in [-0.4, -0.2) is 83.3 Å². The lowest BCUT2D eigenvalue weighted by molar-refractivity contribution is -0.137. The van der Waals surface area contributed by atoms with Gasteiger partial charge in [-0.15, -0.1) is 11.3 Å². The third-order valence-corrected chi connectivity index (χ3v) is 10.1. The zero-order chi connectivity index (χ0) is 31.5. The quantitative estimate of drug-likeness (QED) is 0.155. The van der Waals surface area contributed by atoms with Crippen molar-refractivity contribution in [1.82, 2.24) is 19.8 Å². The Labute approximate surface area is 275 Å². The Balaban J connectivity index is 1.36. The molecule has 0 saturated carbocycles. The molecule has 2 N–H and O–H groups in total. The molecular formula is C33H33Cl2N5O4S. The number of hydrogen-bond acceptors (Lipinski definition) is 9. The fourth-order valence-electron chi connectivity index (χ4n) is 5.53. The number of aliphatic carboxylic acids is 1. The van der Waals surface area contributed by atoms with E-state index < -0.39 is 12.0 Å². The highest BCUT2D eigenvalue weighted by Crippen LogP contribution is 2.49. The highest BCUT2D eigenvalue weighted by atomic mass is 35.5. The number of furan rings is 1. The molecule has 6 rings (SSSR count). The van der Waals surface area contributed by atoms with E-state index in [4.69, 9.17) is 32.4 Å². The zero-order valence-electron chi connectivity index (χ0n) is 24.9. The van der Waals surface area contributed by atoms with Gasteiger partial charge in [0.15, 0.2) is 0 Å². The number of benzene rings is 2. The van der Waals surface area contributed by atoms with Crippen LogP contribution in [-0.2, 0) is 11.2 Å². The minimum absolute atomic E-state index is 0.163. The second-order valence-electron chi connectivity index (χ2n) is 11.1. The number of carbonyl (C=O) groups is 1. The molecule has 1 aliphatic rings. The van der Waals surface area contributed by atoms with E-state index in [1.54, 1.807) is 12.3 Å². The molecule has 0 bridgehead atoms. The average Bonchev–Trinajstić information content (AvgIpc) is 3.70. The first-order valence-corrected chi connectivity index (χ1v) is 16.2. The van der Waals surface area contributed by atoms with Crippen LogP contribution in [0, 0.1) is 6.92 Å². The molecule has 1 atom stereocenters. The first-order valence-electron chi connectivity index (χ1n) is 14.7. The van der Waals surface area contributed by atoms with Gasteiger partial charge in [-0.25, -0.2) is 14.8 Å². The van der Waals surface area contributed by atoms with Gasteiger partial charge in [0.25, 0.3) is 0 Å².